The summed E-state index contributed by atoms with van der Waals surface area (Å²) in [4.78, 5) is 0. The van der Waals surface area contributed by atoms with Crippen molar-refractivity contribution >= 4 is 0 Å². The topological polar surface area (TPSA) is 9.23 Å². The summed E-state index contributed by atoms with van der Waals surface area (Å²) in [7, 11) is 0. The molecule has 0 amide bonds. The van der Waals surface area contributed by atoms with Gasteiger partial charge in [-0.1, -0.05) is 45.0 Å². The lowest BCUT2D eigenvalue weighted by atomic mass is 9.86. The highest BCUT2D eigenvalue weighted by Crippen LogP contribution is 2.29. The summed E-state index contributed by atoms with van der Waals surface area (Å²) in [5.74, 6) is 0. The van der Waals surface area contributed by atoms with Gasteiger partial charge in [0.05, 0.1) is 6.26 Å². The molecule has 0 saturated heterocycles. The number of benzene rings is 1. The average Bonchev–Trinajstić information content (AvgIpc) is 2.69. The van der Waals surface area contributed by atoms with Gasteiger partial charge >= 0.3 is 0 Å². The molecule has 1 aromatic rings. The number of ether oxygens (including phenoxy) is 1. The standard InChI is InChI=1S/C14H18O/c1-14(2,3)12-8-6-11(7-9-12)13-5-4-10-15-13/h4,6-10,13H,5H2,1-3H3. The summed E-state index contributed by atoms with van der Waals surface area (Å²) >= 11 is 0. The molecule has 0 fully saturated rings. The van der Waals surface area contributed by atoms with Crippen molar-refractivity contribution in [3.8, 4) is 0 Å². The van der Waals surface area contributed by atoms with Crippen LogP contribution >= 0.6 is 0 Å². The monoisotopic (exact) mass is 202 g/mol. The largest absolute Gasteiger partial charge is 0.493 e. The van der Waals surface area contributed by atoms with Crippen LogP contribution in [0.3, 0.4) is 0 Å². The van der Waals surface area contributed by atoms with Crippen molar-refractivity contribution in [1.29, 1.82) is 0 Å². The van der Waals surface area contributed by atoms with Crippen LogP contribution in [0.5, 0.6) is 0 Å². The Morgan fingerprint density at radius 3 is 2.27 bits per heavy atom. The summed E-state index contributed by atoms with van der Waals surface area (Å²) in [6.45, 7) is 6.70. The number of hydrogen-bond donors (Lipinski definition) is 0. The molecule has 1 unspecified atom stereocenters. The van der Waals surface area contributed by atoms with Gasteiger partial charge in [-0.2, -0.15) is 0 Å². The van der Waals surface area contributed by atoms with Gasteiger partial charge in [-0.25, -0.2) is 0 Å². The number of hydrogen-bond acceptors (Lipinski definition) is 1. The highest BCUT2D eigenvalue weighted by Gasteiger charge is 2.16. The molecule has 0 radical (unpaired) electrons. The maximum atomic E-state index is 5.48. The van der Waals surface area contributed by atoms with Crippen molar-refractivity contribution in [2.75, 3.05) is 0 Å². The van der Waals surface area contributed by atoms with E-state index < -0.39 is 0 Å². The van der Waals surface area contributed by atoms with Crippen molar-refractivity contribution in [2.24, 2.45) is 0 Å². The van der Waals surface area contributed by atoms with Crippen LogP contribution in [0.2, 0.25) is 0 Å². The van der Waals surface area contributed by atoms with Gasteiger partial charge in [-0.05, 0) is 22.6 Å². The fourth-order valence-corrected chi connectivity index (χ4v) is 1.80. The Labute approximate surface area is 91.8 Å². The minimum Gasteiger partial charge on any atom is -0.493 e. The van der Waals surface area contributed by atoms with Gasteiger partial charge in [0.25, 0.3) is 0 Å². The van der Waals surface area contributed by atoms with Gasteiger partial charge in [0.1, 0.15) is 6.10 Å². The van der Waals surface area contributed by atoms with E-state index in [0.29, 0.717) is 0 Å². The van der Waals surface area contributed by atoms with Crippen molar-refractivity contribution < 1.29 is 4.74 Å². The maximum absolute atomic E-state index is 5.48. The van der Waals surface area contributed by atoms with E-state index >= 15 is 0 Å². The molecule has 1 heteroatoms. The highest BCUT2D eigenvalue weighted by atomic mass is 16.5. The van der Waals surface area contributed by atoms with Crippen LogP contribution in [0.15, 0.2) is 36.6 Å². The Morgan fingerprint density at radius 2 is 1.80 bits per heavy atom. The first kappa shape index (κ1) is 10.3. The van der Waals surface area contributed by atoms with E-state index in [4.69, 9.17) is 4.74 Å². The first-order valence-electron chi connectivity index (χ1n) is 5.48. The van der Waals surface area contributed by atoms with Crippen LogP contribution in [-0.4, -0.2) is 0 Å². The molecule has 0 aliphatic carbocycles. The van der Waals surface area contributed by atoms with Crippen LogP contribution in [0.1, 0.15) is 44.4 Å². The molecule has 15 heavy (non-hydrogen) atoms. The molecule has 0 bridgehead atoms. The molecular weight excluding hydrogens is 184 g/mol. The zero-order valence-corrected chi connectivity index (χ0v) is 9.66. The van der Waals surface area contributed by atoms with E-state index in [1.165, 1.54) is 11.1 Å². The smallest absolute Gasteiger partial charge is 0.126 e. The van der Waals surface area contributed by atoms with Crippen LogP contribution in [0.4, 0.5) is 0 Å². The Kier molecular flexibility index (Phi) is 2.56. The van der Waals surface area contributed by atoms with Crippen molar-refractivity contribution in [2.45, 2.75) is 38.7 Å². The van der Waals surface area contributed by atoms with Crippen LogP contribution in [0.25, 0.3) is 0 Å². The lowest BCUT2D eigenvalue weighted by Gasteiger charge is -2.20. The summed E-state index contributed by atoms with van der Waals surface area (Å²) in [5.41, 5.74) is 2.87. The third-order valence-electron chi connectivity index (χ3n) is 2.84. The predicted molar refractivity (Wildman–Crippen MR) is 62.7 cm³/mol. The van der Waals surface area contributed by atoms with E-state index in [1.807, 2.05) is 0 Å². The van der Waals surface area contributed by atoms with Gasteiger partial charge < -0.3 is 4.74 Å². The molecule has 0 aromatic heterocycles. The second-order valence-corrected chi connectivity index (χ2v) is 5.10. The average molecular weight is 202 g/mol. The highest BCUT2D eigenvalue weighted by molar-refractivity contribution is 5.29. The molecule has 1 atom stereocenters. The van der Waals surface area contributed by atoms with E-state index in [0.717, 1.165) is 6.42 Å². The van der Waals surface area contributed by atoms with Gasteiger partial charge in [-0.15, -0.1) is 0 Å². The Bertz CT molecular complexity index is 346. The van der Waals surface area contributed by atoms with Gasteiger partial charge in [-0.3, -0.25) is 0 Å². The minimum absolute atomic E-state index is 0.229. The molecule has 1 heterocycles. The zero-order valence-electron chi connectivity index (χ0n) is 9.66. The summed E-state index contributed by atoms with van der Waals surface area (Å²) in [5, 5.41) is 0. The fraction of sp³-hybridized carbons (Fsp3) is 0.429. The molecular formula is C14H18O. The molecule has 1 aromatic carbocycles. The fourth-order valence-electron chi connectivity index (χ4n) is 1.80. The van der Waals surface area contributed by atoms with E-state index in [2.05, 4.69) is 51.1 Å². The molecule has 0 saturated carbocycles. The summed E-state index contributed by atoms with van der Waals surface area (Å²) in [6, 6.07) is 8.77. The van der Waals surface area contributed by atoms with Crippen molar-refractivity contribution in [3.63, 3.8) is 0 Å². The lowest BCUT2D eigenvalue weighted by Crippen LogP contribution is -2.11. The second kappa shape index (κ2) is 3.73. The molecule has 1 nitrogen and oxygen atoms in total. The molecule has 1 aliphatic heterocycles. The first-order valence-corrected chi connectivity index (χ1v) is 5.48. The van der Waals surface area contributed by atoms with Crippen molar-refractivity contribution in [3.05, 3.63) is 47.7 Å². The molecule has 0 spiro atoms. The van der Waals surface area contributed by atoms with Crippen molar-refractivity contribution in [1.82, 2.24) is 0 Å². The van der Waals surface area contributed by atoms with E-state index in [-0.39, 0.29) is 11.5 Å². The Balaban J connectivity index is 2.17. The Morgan fingerprint density at radius 1 is 1.13 bits per heavy atom. The number of rotatable bonds is 1. The minimum atomic E-state index is 0.229. The van der Waals surface area contributed by atoms with E-state index in [9.17, 15) is 0 Å². The van der Waals surface area contributed by atoms with Crippen LogP contribution in [-0.2, 0) is 10.2 Å². The first-order chi connectivity index (χ1) is 7.07. The predicted octanol–water partition coefficient (Wildman–Crippen LogP) is 3.96. The molecule has 1 aliphatic rings. The summed E-state index contributed by atoms with van der Waals surface area (Å²) in [6.07, 6.45) is 5.10. The second-order valence-electron chi connectivity index (χ2n) is 5.10. The van der Waals surface area contributed by atoms with Crippen LogP contribution in [0, 0.1) is 0 Å². The zero-order chi connectivity index (χ0) is 10.9. The third-order valence-corrected chi connectivity index (χ3v) is 2.84. The van der Waals surface area contributed by atoms with Gasteiger partial charge in [0.15, 0.2) is 0 Å². The Hall–Kier alpha value is -1.24. The molecule has 80 valence electrons. The SMILES string of the molecule is CC(C)(C)c1ccc(C2CC=CO2)cc1. The molecule has 2 rings (SSSR count). The van der Waals surface area contributed by atoms with Gasteiger partial charge in [0.2, 0.25) is 0 Å². The maximum Gasteiger partial charge on any atom is 0.126 e. The third kappa shape index (κ3) is 2.23. The molecule has 0 N–H and O–H groups in total. The van der Waals surface area contributed by atoms with Crippen LogP contribution < -0.4 is 0 Å². The quantitative estimate of drug-likeness (QED) is 0.669. The van der Waals surface area contributed by atoms with E-state index in [1.54, 1.807) is 6.26 Å². The summed E-state index contributed by atoms with van der Waals surface area (Å²) < 4.78 is 5.48. The van der Waals surface area contributed by atoms with Gasteiger partial charge in [0, 0.05) is 6.42 Å². The lowest BCUT2D eigenvalue weighted by molar-refractivity contribution is 0.173. The normalized spacial score (nSPS) is 20.3.